The van der Waals surface area contributed by atoms with Crippen molar-refractivity contribution in [3.8, 4) is 0 Å². The summed E-state index contributed by atoms with van der Waals surface area (Å²) in [4.78, 5) is 11.1. The van der Waals surface area contributed by atoms with Gasteiger partial charge in [0, 0.05) is 5.57 Å². The fourth-order valence-electron chi connectivity index (χ4n) is 1.02. The van der Waals surface area contributed by atoms with Crippen molar-refractivity contribution in [2.24, 2.45) is 0 Å². The van der Waals surface area contributed by atoms with Crippen LogP contribution in [0.2, 0.25) is 0 Å². The molecule has 0 amide bonds. The van der Waals surface area contributed by atoms with Crippen molar-refractivity contribution in [2.75, 3.05) is 19.8 Å². The van der Waals surface area contributed by atoms with E-state index in [0.29, 0.717) is 12.2 Å². The van der Waals surface area contributed by atoms with E-state index in [4.69, 9.17) is 19.3 Å². The third kappa shape index (κ3) is 9.15. The number of hydrogen-bond acceptors (Lipinski definition) is 5. The molecule has 0 aliphatic rings. The molecular weight excluding hydrogens is 236 g/mol. The zero-order chi connectivity index (χ0) is 14.1. The summed E-state index contributed by atoms with van der Waals surface area (Å²) in [6.07, 6.45) is -0.800. The Balaban J connectivity index is 3.66. The fourth-order valence-corrected chi connectivity index (χ4v) is 1.02. The maximum atomic E-state index is 11.1. The molecule has 0 heterocycles. The Bertz CT molecular complexity index is 262. The van der Waals surface area contributed by atoms with E-state index in [0.717, 1.165) is 0 Å². The lowest BCUT2D eigenvalue weighted by atomic mass is 10.3. The number of esters is 1. The van der Waals surface area contributed by atoms with E-state index < -0.39 is 12.1 Å². The average Bonchev–Trinajstić information content (AvgIpc) is 2.30. The van der Waals surface area contributed by atoms with Gasteiger partial charge in [0.05, 0.1) is 31.5 Å². The van der Waals surface area contributed by atoms with E-state index in [9.17, 15) is 4.79 Å². The van der Waals surface area contributed by atoms with Crippen molar-refractivity contribution >= 4 is 5.97 Å². The Kier molecular flexibility index (Phi) is 8.62. The highest BCUT2D eigenvalue weighted by Crippen LogP contribution is 2.00. The number of ether oxygens (including phenoxy) is 3. The first-order valence-corrected chi connectivity index (χ1v) is 6.06. The van der Waals surface area contributed by atoms with E-state index in [1.54, 1.807) is 13.8 Å². The summed E-state index contributed by atoms with van der Waals surface area (Å²) in [6.45, 7) is 11.3. The van der Waals surface area contributed by atoms with E-state index in [1.807, 2.05) is 13.8 Å². The first kappa shape index (κ1) is 17.1. The average molecular weight is 260 g/mol. The highest BCUT2D eigenvalue weighted by Gasteiger charge is 2.11. The molecule has 0 aromatic heterocycles. The molecule has 0 bridgehead atoms. The normalized spacial score (nSPS) is 15.8. The topological polar surface area (TPSA) is 65.0 Å². The van der Waals surface area contributed by atoms with Crippen molar-refractivity contribution in [3.63, 3.8) is 0 Å². The predicted molar refractivity (Wildman–Crippen MR) is 68.3 cm³/mol. The molecule has 106 valence electrons. The van der Waals surface area contributed by atoms with Crippen LogP contribution in [0.5, 0.6) is 0 Å². The summed E-state index contributed by atoms with van der Waals surface area (Å²) in [7, 11) is 0. The van der Waals surface area contributed by atoms with Crippen molar-refractivity contribution in [1.29, 1.82) is 0 Å². The van der Waals surface area contributed by atoms with Gasteiger partial charge in [-0.2, -0.15) is 0 Å². The van der Waals surface area contributed by atoms with Gasteiger partial charge in [0.2, 0.25) is 0 Å². The molecule has 0 saturated carbocycles. The van der Waals surface area contributed by atoms with Crippen LogP contribution >= 0.6 is 0 Å². The maximum absolute atomic E-state index is 11.1. The molecule has 0 fully saturated rings. The largest absolute Gasteiger partial charge is 0.460 e. The van der Waals surface area contributed by atoms with Crippen molar-refractivity contribution in [2.45, 2.75) is 46.0 Å². The summed E-state index contributed by atoms with van der Waals surface area (Å²) in [5.74, 6) is -0.413. The molecule has 5 nitrogen and oxygen atoms in total. The van der Waals surface area contributed by atoms with Crippen molar-refractivity contribution in [3.05, 3.63) is 12.2 Å². The van der Waals surface area contributed by atoms with Gasteiger partial charge in [0.25, 0.3) is 0 Å². The van der Waals surface area contributed by atoms with Gasteiger partial charge in [0.1, 0.15) is 6.61 Å². The van der Waals surface area contributed by atoms with Gasteiger partial charge in [-0.15, -0.1) is 0 Å². The SMILES string of the molecule is C=C(C)C(=O)OCC(C)OCC(C)OCC(C)O. The minimum Gasteiger partial charge on any atom is -0.460 e. The van der Waals surface area contributed by atoms with Crippen LogP contribution in [-0.4, -0.2) is 49.2 Å². The number of hydrogen-bond donors (Lipinski definition) is 1. The smallest absolute Gasteiger partial charge is 0.333 e. The lowest BCUT2D eigenvalue weighted by molar-refractivity contribution is -0.143. The molecule has 0 aliphatic heterocycles. The molecule has 0 saturated heterocycles. The molecule has 3 atom stereocenters. The molecule has 18 heavy (non-hydrogen) atoms. The Morgan fingerprint density at radius 2 is 1.61 bits per heavy atom. The van der Waals surface area contributed by atoms with E-state index in [-0.39, 0.29) is 25.4 Å². The Morgan fingerprint density at radius 3 is 2.11 bits per heavy atom. The molecule has 0 radical (unpaired) electrons. The second kappa shape index (κ2) is 9.08. The third-order valence-electron chi connectivity index (χ3n) is 2.03. The standard InChI is InChI=1S/C13H24O5/c1-9(2)13(15)18-8-12(5)17-7-11(4)16-6-10(3)14/h10-12,14H,1,6-8H2,2-5H3. The number of aliphatic hydroxyl groups is 1. The lowest BCUT2D eigenvalue weighted by Gasteiger charge is -2.18. The fraction of sp³-hybridized carbons (Fsp3) is 0.769. The number of carbonyl (C=O) groups excluding carboxylic acids is 1. The van der Waals surface area contributed by atoms with Crippen LogP contribution < -0.4 is 0 Å². The molecule has 0 aromatic rings. The Labute approximate surface area is 109 Å². The number of carbonyl (C=O) groups is 1. The highest BCUT2D eigenvalue weighted by atomic mass is 16.6. The van der Waals surface area contributed by atoms with Gasteiger partial charge in [-0.1, -0.05) is 6.58 Å². The maximum Gasteiger partial charge on any atom is 0.333 e. The number of aliphatic hydroxyl groups excluding tert-OH is 1. The molecule has 0 spiro atoms. The zero-order valence-corrected chi connectivity index (χ0v) is 11.6. The molecule has 5 heteroatoms. The zero-order valence-electron chi connectivity index (χ0n) is 11.6. The van der Waals surface area contributed by atoms with Crippen molar-refractivity contribution < 1.29 is 24.1 Å². The summed E-state index contributed by atoms with van der Waals surface area (Å²) >= 11 is 0. The van der Waals surface area contributed by atoms with Gasteiger partial charge >= 0.3 is 5.97 Å². The van der Waals surface area contributed by atoms with Gasteiger partial charge < -0.3 is 19.3 Å². The summed E-state index contributed by atoms with van der Waals surface area (Å²) in [5.41, 5.74) is 0.371. The van der Waals surface area contributed by atoms with E-state index in [2.05, 4.69) is 6.58 Å². The van der Waals surface area contributed by atoms with E-state index >= 15 is 0 Å². The summed E-state index contributed by atoms with van der Waals surface area (Å²) < 4.78 is 15.7. The van der Waals surface area contributed by atoms with Gasteiger partial charge in [-0.05, 0) is 27.7 Å². The third-order valence-corrected chi connectivity index (χ3v) is 2.03. The quantitative estimate of drug-likeness (QED) is 0.500. The first-order valence-electron chi connectivity index (χ1n) is 6.06. The molecule has 3 unspecified atom stereocenters. The van der Waals surface area contributed by atoms with Crippen LogP contribution in [-0.2, 0) is 19.0 Å². The van der Waals surface area contributed by atoms with Crippen LogP contribution in [0.4, 0.5) is 0 Å². The molecule has 0 rings (SSSR count). The minimum absolute atomic E-state index is 0.112. The highest BCUT2D eigenvalue weighted by molar-refractivity contribution is 5.86. The van der Waals surface area contributed by atoms with Gasteiger partial charge in [-0.3, -0.25) is 0 Å². The Morgan fingerprint density at radius 1 is 1.11 bits per heavy atom. The van der Waals surface area contributed by atoms with E-state index in [1.165, 1.54) is 0 Å². The Hall–Kier alpha value is -0.910. The summed E-state index contributed by atoms with van der Waals surface area (Å²) in [6, 6.07) is 0. The van der Waals surface area contributed by atoms with Crippen LogP contribution in [0, 0.1) is 0 Å². The van der Waals surface area contributed by atoms with Crippen LogP contribution in [0.15, 0.2) is 12.2 Å². The molecule has 0 aromatic carbocycles. The van der Waals surface area contributed by atoms with Crippen LogP contribution in [0.1, 0.15) is 27.7 Å². The first-order chi connectivity index (χ1) is 8.32. The second-order valence-corrected chi connectivity index (χ2v) is 4.52. The minimum atomic E-state index is -0.485. The predicted octanol–water partition coefficient (Wildman–Crippen LogP) is 1.30. The van der Waals surface area contributed by atoms with Crippen molar-refractivity contribution in [1.82, 2.24) is 0 Å². The van der Waals surface area contributed by atoms with Gasteiger partial charge in [-0.25, -0.2) is 4.79 Å². The van der Waals surface area contributed by atoms with Crippen LogP contribution in [0.25, 0.3) is 0 Å². The van der Waals surface area contributed by atoms with Gasteiger partial charge in [0.15, 0.2) is 0 Å². The lowest BCUT2D eigenvalue weighted by Crippen LogP contribution is -2.26. The monoisotopic (exact) mass is 260 g/mol. The molecule has 0 aliphatic carbocycles. The number of rotatable bonds is 9. The van der Waals surface area contributed by atoms with Crippen LogP contribution in [0.3, 0.4) is 0 Å². The second-order valence-electron chi connectivity index (χ2n) is 4.52. The molecular formula is C13H24O5. The molecule has 1 N–H and O–H groups in total. The summed E-state index contributed by atoms with van der Waals surface area (Å²) in [5, 5.41) is 9.04.